The molecular weight excluding hydrogens is 255 g/mol. The van der Waals surface area contributed by atoms with E-state index in [1.165, 1.54) is 16.4 Å². The summed E-state index contributed by atoms with van der Waals surface area (Å²) in [5.74, 6) is -0.434. The van der Waals surface area contributed by atoms with Crippen LogP contribution in [0.4, 0.5) is 4.39 Å². The second-order valence-electron chi connectivity index (χ2n) is 4.05. The van der Waals surface area contributed by atoms with E-state index in [0.29, 0.717) is 31.6 Å². The molecule has 0 saturated heterocycles. The minimum absolute atomic E-state index is 0.155. The van der Waals surface area contributed by atoms with Crippen molar-refractivity contribution in [3.63, 3.8) is 0 Å². The second kappa shape index (κ2) is 6.26. The Kier molecular flexibility index (Phi) is 5.25. The van der Waals surface area contributed by atoms with Crippen LogP contribution in [0, 0.1) is 12.7 Å². The molecule has 0 bridgehead atoms. The number of aryl methyl sites for hydroxylation is 1. The summed E-state index contributed by atoms with van der Waals surface area (Å²) in [7, 11) is -3.56. The number of nitrogens with two attached hydrogens (primary N) is 1. The highest BCUT2D eigenvalue weighted by Gasteiger charge is 2.24. The van der Waals surface area contributed by atoms with Crippen LogP contribution in [-0.4, -0.2) is 32.4 Å². The first-order valence-electron chi connectivity index (χ1n) is 5.89. The van der Waals surface area contributed by atoms with Gasteiger partial charge in [-0.15, -0.1) is 0 Å². The van der Waals surface area contributed by atoms with Gasteiger partial charge in [-0.25, -0.2) is 12.8 Å². The van der Waals surface area contributed by atoms with Crippen molar-refractivity contribution in [2.45, 2.75) is 25.2 Å². The number of sulfonamides is 1. The molecule has 102 valence electrons. The van der Waals surface area contributed by atoms with Crippen LogP contribution >= 0.6 is 0 Å². The molecule has 0 unspecified atom stereocenters. The standard InChI is InChI=1S/C12H19FN2O2S/c1-3-15(8-4-7-14)18(16,17)12-6-5-11(13)9-10(12)2/h5-6,9H,3-4,7-8,14H2,1-2H3. The van der Waals surface area contributed by atoms with Gasteiger partial charge in [-0.2, -0.15) is 4.31 Å². The normalized spacial score (nSPS) is 12.1. The Hall–Kier alpha value is -0.980. The minimum Gasteiger partial charge on any atom is -0.330 e. The van der Waals surface area contributed by atoms with Gasteiger partial charge >= 0.3 is 0 Å². The van der Waals surface area contributed by atoms with Gasteiger partial charge in [0.15, 0.2) is 0 Å². The molecule has 6 heteroatoms. The quantitative estimate of drug-likeness (QED) is 0.855. The number of nitrogens with zero attached hydrogens (tertiary/aromatic N) is 1. The maximum Gasteiger partial charge on any atom is 0.243 e. The Morgan fingerprint density at radius 3 is 2.56 bits per heavy atom. The van der Waals surface area contributed by atoms with Gasteiger partial charge in [0.1, 0.15) is 5.82 Å². The lowest BCUT2D eigenvalue weighted by Gasteiger charge is -2.21. The van der Waals surface area contributed by atoms with Crippen LogP contribution in [0.2, 0.25) is 0 Å². The number of benzene rings is 1. The molecule has 0 amide bonds. The molecule has 0 aliphatic carbocycles. The van der Waals surface area contributed by atoms with Crippen molar-refractivity contribution in [2.75, 3.05) is 19.6 Å². The summed E-state index contributed by atoms with van der Waals surface area (Å²) in [5, 5.41) is 0. The van der Waals surface area contributed by atoms with Crippen LogP contribution in [0.25, 0.3) is 0 Å². The van der Waals surface area contributed by atoms with Gasteiger partial charge in [0.25, 0.3) is 0 Å². The second-order valence-corrected chi connectivity index (χ2v) is 5.96. The summed E-state index contributed by atoms with van der Waals surface area (Å²) in [5.41, 5.74) is 5.81. The summed E-state index contributed by atoms with van der Waals surface area (Å²) < 4.78 is 39.1. The molecule has 0 radical (unpaired) electrons. The average molecular weight is 274 g/mol. The zero-order valence-corrected chi connectivity index (χ0v) is 11.5. The number of hydrogen-bond acceptors (Lipinski definition) is 3. The first-order chi connectivity index (χ1) is 8.43. The number of hydrogen-bond donors (Lipinski definition) is 1. The van der Waals surface area contributed by atoms with Crippen molar-refractivity contribution < 1.29 is 12.8 Å². The molecule has 1 rings (SSSR count). The zero-order chi connectivity index (χ0) is 13.8. The first kappa shape index (κ1) is 15.1. The molecule has 0 saturated carbocycles. The van der Waals surface area contributed by atoms with E-state index in [1.54, 1.807) is 13.8 Å². The van der Waals surface area contributed by atoms with Crippen molar-refractivity contribution in [1.29, 1.82) is 0 Å². The summed E-state index contributed by atoms with van der Waals surface area (Å²) in [6.07, 6.45) is 0.604. The van der Waals surface area contributed by atoms with Crippen LogP contribution in [0.15, 0.2) is 23.1 Å². The van der Waals surface area contributed by atoms with E-state index in [0.717, 1.165) is 6.07 Å². The predicted molar refractivity (Wildman–Crippen MR) is 69.2 cm³/mol. The summed E-state index contributed by atoms with van der Waals surface area (Å²) in [6.45, 7) is 4.55. The summed E-state index contributed by atoms with van der Waals surface area (Å²) in [6, 6.07) is 3.70. The molecule has 0 aliphatic heterocycles. The average Bonchev–Trinajstić information content (AvgIpc) is 2.29. The molecule has 0 fully saturated rings. The molecule has 0 atom stereocenters. The SMILES string of the molecule is CCN(CCCN)S(=O)(=O)c1ccc(F)cc1C. The smallest absolute Gasteiger partial charge is 0.243 e. The lowest BCUT2D eigenvalue weighted by molar-refractivity contribution is 0.422. The van der Waals surface area contributed by atoms with E-state index < -0.39 is 15.8 Å². The molecule has 2 N–H and O–H groups in total. The highest BCUT2D eigenvalue weighted by molar-refractivity contribution is 7.89. The maximum atomic E-state index is 13.0. The van der Waals surface area contributed by atoms with Crippen molar-refractivity contribution in [3.05, 3.63) is 29.6 Å². The minimum atomic E-state index is -3.56. The highest BCUT2D eigenvalue weighted by atomic mass is 32.2. The van der Waals surface area contributed by atoms with Crippen molar-refractivity contribution in [2.24, 2.45) is 5.73 Å². The monoisotopic (exact) mass is 274 g/mol. The number of halogens is 1. The van der Waals surface area contributed by atoms with Crippen LogP contribution in [0.1, 0.15) is 18.9 Å². The molecular formula is C12H19FN2O2S. The topological polar surface area (TPSA) is 63.4 Å². The molecule has 0 aromatic heterocycles. The van der Waals surface area contributed by atoms with Gasteiger partial charge < -0.3 is 5.73 Å². The maximum absolute atomic E-state index is 13.0. The van der Waals surface area contributed by atoms with Crippen LogP contribution in [0.3, 0.4) is 0 Å². The molecule has 4 nitrogen and oxygen atoms in total. The van der Waals surface area contributed by atoms with Gasteiger partial charge in [0, 0.05) is 13.1 Å². The van der Waals surface area contributed by atoms with Gasteiger partial charge in [0.05, 0.1) is 4.90 Å². The van der Waals surface area contributed by atoms with Crippen LogP contribution in [-0.2, 0) is 10.0 Å². The van der Waals surface area contributed by atoms with Crippen LogP contribution < -0.4 is 5.73 Å². The Morgan fingerprint density at radius 2 is 2.06 bits per heavy atom. The zero-order valence-electron chi connectivity index (χ0n) is 10.7. The fraction of sp³-hybridized carbons (Fsp3) is 0.500. The third-order valence-corrected chi connectivity index (χ3v) is 4.85. The lowest BCUT2D eigenvalue weighted by Crippen LogP contribution is -2.33. The Labute approximate surface area is 108 Å². The fourth-order valence-corrected chi connectivity index (χ4v) is 3.45. The molecule has 1 aromatic rings. The van der Waals surface area contributed by atoms with E-state index >= 15 is 0 Å². The molecule has 18 heavy (non-hydrogen) atoms. The first-order valence-corrected chi connectivity index (χ1v) is 7.33. The fourth-order valence-electron chi connectivity index (χ4n) is 1.76. The lowest BCUT2D eigenvalue weighted by atomic mass is 10.2. The van der Waals surface area contributed by atoms with Gasteiger partial charge in [0.2, 0.25) is 10.0 Å². The largest absolute Gasteiger partial charge is 0.330 e. The highest BCUT2D eigenvalue weighted by Crippen LogP contribution is 2.20. The third kappa shape index (κ3) is 3.28. The molecule has 0 spiro atoms. The molecule has 0 heterocycles. The van der Waals surface area contributed by atoms with Crippen molar-refractivity contribution >= 4 is 10.0 Å². The van der Waals surface area contributed by atoms with Crippen molar-refractivity contribution in [1.82, 2.24) is 4.31 Å². The predicted octanol–water partition coefficient (Wildman–Crippen LogP) is 1.49. The summed E-state index contributed by atoms with van der Waals surface area (Å²) >= 11 is 0. The molecule has 0 aliphatic rings. The number of rotatable bonds is 6. The van der Waals surface area contributed by atoms with Crippen molar-refractivity contribution in [3.8, 4) is 0 Å². The third-order valence-electron chi connectivity index (χ3n) is 2.72. The Bertz CT molecular complexity index is 503. The van der Waals surface area contributed by atoms with E-state index in [2.05, 4.69) is 0 Å². The van der Waals surface area contributed by atoms with Gasteiger partial charge in [-0.3, -0.25) is 0 Å². The van der Waals surface area contributed by atoms with E-state index in [9.17, 15) is 12.8 Å². The summed E-state index contributed by atoms with van der Waals surface area (Å²) in [4.78, 5) is 0.155. The molecule has 1 aromatic carbocycles. The van der Waals surface area contributed by atoms with E-state index in [1.807, 2.05) is 0 Å². The van der Waals surface area contributed by atoms with E-state index in [4.69, 9.17) is 5.73 Å². The Morgan fingerprint density at radius 1 is 1.39 bits per heavy atom. The van der Waals surface area contributed by atoms with Gasteiger partial charge in [-0.1, -0.05) is 6.92 Å². The van der Waals surface area contributed by atoms with Crippen LogP contribution in [0.5, 0.6) is 0 Å². The van der Waals surface area contributed by atoms with Gasteiger partial charge in [-0.05, 0) is 43.7 Å². The Balaban J connectivity index is 3.10. The van der Waals surface area contributed by atoms with E-state index in [-0.39, 0.29) is 4.90 Å².